The monoisotopic (exact) mass is 248 g/mol. The largest absolute Gasteiger partial charge is 0.396 e. The van der Waals surface area contributed by atoms with Gasteiger partial charge in [-0.25, -0.2) is 4.98 Å². The molecule has 2 rings (SSSR count). The molecule has 0 aliphatic carbocycles. The quantitative estimate of drug-likeness (QED) is 0.844. The maximum atomic E-state index is 8.94. The predicted molar refractivity (Wildman–Crippen MR) is 71.2 cm³/mol. The van der Waals surface area contributed by atoms with Crippen LogP contribution in [0.1, 0.15) is 5.82 Å². The van der Waals surface area contributed by atoms with Crippen LogP contribution in [0.3, 0.4) is 0 Å². The molecule has 0 spiro atoms. The van der Waals surface area contributed by atoms with Gasteiger partial charge in [-0.3, -0.25) is 0 Å². The minimum atomic E-state index is 0.135. The zero-order chi connectivity index (χ0) is 12.3. The second-order valence-corrected chi connectivity index (χ2v) is 4.74. The molecule has 0 atom stereocenters. The molecule has 1 aromatic carbocycles. The maximum absolute atomic E-state index is 8.94. The lowest BCUT2D eigenvalue weighted by atomic mass is 10.2. The van der Waals surface area contributed by atoms with Crippen molar-refractivity contribution in [2.24, 2.45) is 7.05 Å². The third kappa shape index (κ3) is 2.70. The molecule has 2 aromatic rings. The molecule has 0 amide bonds. The van der Waals surface area contributed by atoms with E-state index in [1.807, 2.05) is 17.8 Å². The van der Waals surface area contributed by atoms with Crippen LogP contribution < -0.4 is 0 Å². The number of aliphatic hydroxyl groups is 1. The van der Waals surface area contributed by atoms with E-state index in [1.165, 1.54) is 4.90 Å². The summed E-state index contributed by atoms with van der Waals surface area (Å²) in [7, 11) is 1.96. The first-order chi connectivity index (χ1) is 8.24. The van der Waals surface area contributed by atoms with Crippen LogP contribution in [0.5, 0.6) is 0 Å². The minimum absolute atomic E-state index is 0.135. The number of nitrogens with zero attached hydrogens (tertiary/aromatic N) is 2. The van der Waals surface area contributed by atoms with Crippen LogP contribution in [-0.4, -0.2) is 27.5 Å². The van der Waals surface area contributed by atoms with Crippen molar-refractivity contribution in [3.05, 3.63) is 36.3 Å². The molecule has 0 saturated carbocycles. The van der Waals surface area contributed by atoms with Gasteiger partial charge in [0.15, 0.2) is 0 Å². The standard InChI is InChI=1S/C13H16N2OS/c1-15-9-12(14-13(15)7-8-16)10-3-5-11(17-2)6-4-10/h3-6,9,16H,7-8H2,1-2H3. The SMILES string of the molecule is CSc1ccc(-c2cn(C)c(CCO)n2)cc1. The Hall–Kier alpha value is -1.26. The number of aryl methyl sites for hydroxylation is 1. The fraction of sp³-hybridized carbons (Fsp3) is 0.308. The Labute approximate surface area is 106 Å². The number of aromatic nitrogens is 2. The Bertz CT molecular complexity index is 491. The number of benzene rings is 1. The minimum Gasteiger partial charge on any atom is -0.396 e. The highest BCUT2D eigenvalue weighted by atomic mass is 32.2. The smallest absolute Gasteiger partial charge is 0.111 e. The molecule has 0 aliphatic heterocycles. The molecule has 4 heteroatoms. The molecule has 0 saturated heterocycles. The summed E-state index contributed by atoms with van der Waals surface area (Å²) in [4.78, 5) is 5.77. The summed E-state index contributed by atoms with van der Waals surface area (Å²) in [6.45, 7) is 0.135. The Morgan fingerprint density at radius 1 is 1.29 bits per heavy atom. The van der Waals surface area contributed by atoms with Gasteiger partial charge in [-0.15, -0.1) is 11.8 Å². The third-order valence-electron chi connectivity index (χ3n) is 2.69. The number of hydrogen-bond donors (Lipinski definition) is 1. The number of thioether (sulfide) groups is 1. The van der Waals surface area contributed by atoms with Gasteiger partial charge >= 0.3 is 0 Å². The molecule has 1 aromatic heterocycles. The Morgan fingerprint density at radius 2 is 2.00 bits per heavy atom. The number of imidazole rings is 1. The van der Waals surface area contributed by atoms with Crippen LogP contribution in [0.15, 0.2) is 35.4 Å². The van der Waals surface area contributed by atoms with Gasteiger partial charge < -0.3 is 9.67 Å². The first-order valence-electron chi connectivity index (χ1n) is 5.52. The van der Waals surface area contributed by atoms with Gasteiger partial charge in [-0.1, -0.05) is 12.1 Å². The van der Waals surface area contributed by atoms with E-state index in [0.717, 1.165) is 17.1 Å². The van der Waals surface area contributed by atoms with Crippen molar-refractivity contribution in [1.82, 2.24) is 9.55 Å². The Morgan fingerprint density at radius 3 is 2.59 bits per heavy atom. The highest BCUT2D eigenvalue weighted by molar-refractivity contribution is 7.98. The number of aliphatic hydroxyl groups excluding tert-OH is 1. The molecule has 90 valence electrons. The number of rotatable bonds is 4. The average Bonchev–Trinajstić information content (AvgIpc) is 2.72. The van der Waals surface area contributed by atoms with Crippen molar-refractivity contribution in [1.29, 1.82) is 0 Å². The van der Waals surface area contributed by atoms with Crippen LogP contribution in [0.25, 0.3) is 11.3 Å². The van der Waals surface area contributed by atoms with E-state index >= 15 is 0 Å². The second kappa shape index (κ2) is 5.38. The summed E-state index contributed by atoms with van der Waals surface area (Å²) in [5, 5.41) is 8.94. The van der Waals surface area contributed by atoms with Crippen LogP contribution in [0, 0.1) is 0 Å². The van der Waals surface area contributed by atoms with Crippen molar-refractivity contribution in [2.75, 3.05) is 12.9 Å². The first-order valence-corrected chi connectivity index (χ1v) is 6.74. The zero-order valence-corrected chi connectivity index (χ0v) is 10.9. The van der Waals surface area contributed by atoms with Crippen molar-refractivity contribution in [3.63, 3.8) is 0 Å². The lowest BCUT2D eigenvalue weighted by Gasteiger charge is -1.98. The summed E-state index contributed by atoms with van der Waals surface area (Å²) in [5.41, 5.74) is 2.08. The molecule has 0 unspecified atom stereocenters. The van der Waals surface area contributed by atoms with E-state index < -0.39 is 0 Å². The topological polar surface area (TPSA) is 38.0 Å². The lowest BCUT2D eigenvalue weighted by Crippen LogP contribution is -1.99. The molecule has 0 radical (unpaired) electrons. The molecule has 0 bridgehead atoms. The van der Waals surface area contributed by atoms with Gasteiger partial charge in [-0.05, 0) is 18.4 Å². The van der Waals surface area contributed by atoms with Gasteiger partial charge in [0.25, 0.3) is 0 Å². The summed E-state index contributed by atoms with van der Waals surface area (Å²) in [6, 6.07) is 8.36. The molecule has 1 heterocycles. The van der Waals surface area contributed by atoms with Crippen molar-refractivity contribution < 1.29 is 5.11 Å². The first kappa shape index (κ1) is 12.2. The third-order valence-corrected chi connectivity index (χ3v) is 3.44. The number of hydrogen-bond acceptors (Lipinski definition) is 3. The summed E-state index contributed by atoms with van der Waals surface area (Å²) < 4.78 is 1.97. The van der Waals surface area contributed by atoms with E-state index in [1.54, 1.807) is 11.8 Å². The van der Waals surface area contributed by atoms with Crippen molar-refractivity contribution in [3.8, 4) is 11.3 Å². The van der Waals surface area contributed by atoms with Crippen LogP contribution >= 0.6 is 11.8 Å². The van der Waals surface area contributed by atoms with E-state index in [2.05, 4.69) is 35.5 Å². The summed E-state index contributed by atoms with van der Waals surface area (Å²) in [6.07, 6.45) is 4.66. The van der Waals surface area contributed by atoms with Crippen LogP contribution in [-0.2, 0) is 13.5 Å². The van der Waals surface area contributed by atoms with Gasteiger partial charge in [0, 0.05) is 30.1 Å². The van der Waals surface area contributed by atoms with E-state index in [0.29, 0.717) is 6.42 Å². The average molecular weight is 248 g/mol. The fourth-order valence-electron chi connectivity index (χ4n) is 1.74. The van der Waals surface area contributed by atoms with Crippen molar-refractivity contribution >= 4 is 11.8 Å². The summed E-state index contributed by atoms with van der Waals surface area (Å²) in [5.74, 6) is 0.913. The van der Waals surface area contributed by atoms with Crippen LogP contribution in [0.4, 0.5) is 0 Å². The highest BCUT2D eigenvalue weighted by Gasteiger charge is 2.06. The van der Waals surface area contributed by atoms with E-state index in [-0.39, 0.29) is 6.61 Å². The Kier molecular flexibility index (Phi) is 3.86. The normalized spacial score (nSPS) is 10.8. The lowest BCUT2D eigenvalue weighted by molar-refractivity contribution is 0.295. The Balaban J connectivity index is 2.29. The molecular formula is C13H16N2OS. The maximum Gasteiger partial charge on any atom is 0.111 e. The molecule has 17 heavy (non-hydrogen) atoms. The molecule has 1 N–H and O–H groups in total. The predicted octanol–water partition coefficient (Wildman–Crippen LogP) is 2.34. The summed E-state index contributed by atoms with van der Waals surface area (Å²) >= 11 is 1.73. The zero-order valence-electron chi connectivity index (χ0n) is 10.1. The molecular weight excluding hydrogens is 232 g/mol. The van der Waals surface area contributed by atoms with E-state index in [9.17, 15) is 0 Å². The van der Waals surface area contributed by atoms with E-state index in [4.69, 9.17) is 5.11 Å². The van der Waals surface area contributed by atoms with Crippen LogP contribution in [0.2, 0.25) is 0 Å². The van der Waals surface area contributed by atoms with Gasteiger partial charge in [0.05, 0.1) is 12.3 Å². The van der Waals surface area contributed by atoms with Gasteiger partial charge in [0.2, 0.25) is 0 Å². The molecule has 3 nitrogen and oxygen atoms in total. The van der Waals surface area contributed by atoms with Crippen molar-refractivity contribution in [2.45, 2.75) is 11.3 Å². The highest BCUT2D eigenvalue weighted by Crippen LogP contribution is 2.22. The molecule has 0 aliphatic rings. The van der Waals surface area contributed by atoms with Gasteiger partial charge in [0.1, 0.15) is 5.82 Å². The fourth-order valence-corrected chi connectivity index (χ4v) is 2.15. The molecule has 0 fully saturated rings. The second-order valence-electron chi connectivity index (χ2n) is 3.86. The van der Waals surface area contributed by atoms with Gasteiger partial charge in [-0.2, -0.15) is 0 Å².